The number of anilines is 1. The maximum atomic E-state index is 12.5. The third-order valence-electron chi connectivity index (χ3n) is 4.90. The number of carbonyl (C=O) groups excluding carboxylic acids is 1. The monoisotopic (exact) mass is 399 g/mol. The molecular formula is C22H26ClN3O2. The molecule has 5 nitrogen and oxygen atoms in total. The summed E-state index contributed by atoms with van der Waals surface area (Å²) in [7, 11) is 0. The second-order valence-electron chi connectivity index (χ2n) is 6.87. The number of para-hydroxylation sites is 1. The molecule has 0 atom stereocenters. The second kappa shape index (κ2) is 10.1. The number of halogens is 1. The molecular weight excluding hydrogens is 374 g/mol. The topological polar surface area (TPSA) is 53.9 Å². The lowest BCUT2D eigenvalue weighted by Crippen LogP contribution is -2.43. The number of rotatable bonds is 5. The number of nitrogens with one attached hydrogen (secondary N) is 1. The van der Waals surface area contributed by atoms with Crippen LogP contribution >= 0.6 is 11.6 Å². The second-order valence-corrected chi connectivity index (χ2v) is 7.27. The molecule has 148 valence electrons. The highest BCUT2D eigenvalue weighted by Gasteiger charge is 2.27. The summed E-state index contributed by atoms with van der Waals surface area (Å²) in [6.45, 7) is 3.66. The van der Waals surface area contributed by atoms with Gasteiger partial charge in [-0.3, -0.25) is 5.43 Å². The van der Waals surface area contributed by atoms with Gasteiger partial charge in [0, 0.05) is 13.1 Å². The molecule has 28 heavy (non-hydrogen) atoms. The number of hydrogen-bond acceptors (Lipinski definition) is 4. The van der Waals surface area contributed by atoms with Crippen molar-refractivity contribution in [3.05, 3.63) is 65.2 Å². The zero-order valence-corrected chi connectivity index (χ0v) is 16.9. The Morgan fingerprint density at radius 2 is 1.82 bits per heavy atom. The number of nitrogens with zero attached hydrogens (tertiary/aromatic N) is 2. The third-order valence-corrected chi connectivity index (χ3v) is 5.22. The highest BCUT2D eigenvalue weighted by molar-refractivity contribution is 6.35. The van der Waals surface area contributed by atoms with Gasteiger partial charge in [-0.15, -0.1) is 5.10 Å². The maximum Gasteiger partial charge on any atom is 0.375 e. The first-order valence-electron chi connectivity index (χ1n) is 9.71. The first kappa shape index (κ1) is 20.2. The molecule has 0 bridgehead atoms. The predicted octanol–water partition coefficient (Wildman–Crippen LogP) is 4.58. The van der Waals surface area contributed by atoms with Gasteiger partial charge in [0.2, 0.25) is 5.84 Å². The van der Waals surface area contributed by atoms with E-state index in [1.165, 1.54) is 5.56 Å². The summed E-state index contributed by atoms with van der Waals surface area (Å²) in [6, 6.07) is 17.9. The molecule has 2 aromatic rings. The minimum atomic E-state index is -0.413. The van der Waals surface area contributed by atoms with Gasteiger partial charge in [-0.05, 0) is 49.8 Å². The van der Waals surface area contributed by atoms with Crippen molar-refractivity contribution in [1.29, 1.82) is 0 Å². The first-order valence-corrected chi connectivity index (χ1v) is 10.1. The van der Waals surface area contributed by atoms with Gasteiger partial charge in [0.1, 0.15) is 0 Å². The summed E-state index contributed by atoms with van der Waals surface area (Å²) < 4.78 is 5.21. The summed E-state index contributed by atoms with van der Waals surface area (Å²) >= 11 is 6.17. The fourth-order valence-electron chi connectivity index (χ4n) is 3.40. The summed E-state index contributed by atoms with van der Waals surface area (Å²) in [5, 5.41) is 4.89. The minimum Gasteiger partial charge on any atom is -0.460 e. The largest absolute Gasteiger partial charge is 0.460 e. The van der Waals surface area contributed by atoms with Crippen LogP contribution in [0.4, 0.5) is 5.69 Å². The average molecular weight is 400 g/mol. The summed E-state index contributed by atoms with van der Waals surface area (Å²) in [5.41, 5.74) is 4.93. The van der Waals surface area contributed by atoms with Crippen LogP contribution in [0.3, 0.4) is 0 Å². The zero-order valence-electron chi connectivity index (χ0n) is 16.1. The molecule has 1 fully saturated rings. The van der Waals surface area contributed by atoms with E-state index in [-0.39, 0.29) is 0 Å². The molecule has 2 aromatic carbocycles. The van der Waals surface area contributed by atoms with E-state index in [2.05, 4.69) is 34.8 Å². The van der Waals surface area contributed by atoms with Crippen LogP contribution in [-0.4, -0.2) is 36.4 Å². The Labute approximate surface area is 171 Å². The average Bonchev–Trinajstić information content (AvgIpc) is 2.71. The number of amidine groups is 1. The van der Waals surface area contributed by atoms with Crippen molar-refractivity contribution in [1.82, 2.24) is 4.90 Å². The standard InChI is InChI=1S/C22H26ClN3O2/c1-2-28-22(27)21(25-24-20-11-7-6-10-19(20)23)26-14-12-18(13-15-26)16-17-8-4-3-5-9-17/h3-11,18,24H,2,12-16H2,1H3/b25-21-. The molecule has 6 heteroatoms. The van der Waals surface area contributed by atoms with Crippen molar-refractivity contribution in [2.24, 2.45) is 11.0 Å². The van der Waals surface area contributed by atoms with Gasteiger partial charge >= 0.3 is 5.97 Å². The molecule has 0 spiro atoms. The fraction of sp³-hybridized carbons (Fsp3) is 0.364. The Morgan fingerprint density at radius 1 is 1.14 bits per heavy atom. The van der Waals surface area contributed by atoms with Crippen molar-refractivity contribution < 1.29 is 9.53 Å². The molecule has 0 radical (unpaired) electrons. The van der Waals surface area contributed by atoms with E-state index < -0.39 is 5.97 Å². The lowest BCUT2D eigenvalue weighted by Gasteiger charge is -2.33. The normalized spacial score (nSPS) is 15.4. The number of hydrazone groups is 1. The van der Waals surface area contributed by atoms with Crippen molar-refractivity contribution in [2.75, 3.05) is 25.1 Å². The van der Waals surface area contributed by atoms with Gasteiger partial charge < -0.3 is 9.64 Å². The van der Waals surface area contributed by atoms with Crippen LogP contribution in [0.25, 0.3) is 0 Å². The Balaban J connectivity index is 1.65. The van der Waals surface area contributed by atoms with Crippen LogP contribution in [-0.2, 0) is 16.0 Å². The van der Waals surface area contributed by atoms with Crippen molar-refractivity contribution >= 4 is 29.1 Å². The van der Waals surface area contributed by atoms with Crippen LogP contribution < -0.4 is 5.43 Å². The smallest absolute Gasteiger partial charge is 0.375 e. The van der Waals surface area contributed by atoms with Gasteiger partial charge in [-0.2, -0.15) is 0 Å². The Kier molecular flexibility index (Phi) is 7.31. The number of ether oxygens (including phenoxy) is 1. The molecule has 1 aliphatic rings. The van der Waals surface area contributed by atoms with E-state index in [0.29, 0.717) is 29.1 Å². The zero-order chi connectivity index (χ0) is 19.8. The van der Waals surface area contributed by atoms with E-state index in [9.17, 15) is 4.79 Å². The van der Waals surface area contributed by atoms with Crippen LogP contribution in [0.2, 0.25) is 5.02 Å². The van der Waals surface area contributed by atoms with Gasteiger partial charge in [-0.1, -0.05) is 54.1 Å². The lowest BCUT2D eigenvalue weighted by molar-refractivity contribution is -0.136. The van der Waals surface area contributed by atoms with Crippen LogP contribution in [0.15, 0.2) is 59.7 Å². The molecule has 0 aliphatic carbocycles. The first-order chi connectivity index (χ1) is 13.7. The number of benzene rings is 2. The molecule has 0 amide bonds. The van der Waals surface area contributed by atoms with Gasteiger partial charge in [0.05, 0.1) is 17.3 Å². The molecule has 1 N–H and O–H groups in total. The molecule has 1 heterocycles. The predicted molar refractivity (Wildman–Crippen MR) is 114 cm³/mol. The van der Waals surface area contributed by atoms with E-state index >= 15 is 0 Å². The highest BCUT2D eigenvalue weighted by Crippen LogP contribution is 2.23. The number of esters is 1. The summed E-state index contributed by atoms with van der Waals surface area (Å²) in [5.74, 6) is 0.502. The van der Waals surface area contributed by atoms with Gasteiger partial charge in [0.25, 0.3) is 0 Å². The van der Waals surface area contributed by atoms with Crippen molar-refractivity contribution in [3.8, 4) is 0 Å². The van der Waals surface area contributed by atoms with E-state index in [4.69, 9.17) is 16.3 Å². The molecule has 0 unspecified atom stereocenters. The number of carbonyl (C=O) groups is 1. The molecule has 1 aliphatic heterocycles. The minimum absolute atomic E-state index is 0.305. The number of piperidine rings is 1. The van der Waals surface area contributed by atoms with E-state index in [1.807, 2.05) is 29.2 Å². The Morgan fingerprint density at radius 3 is 2.50 bits per heavy atom. The summed E-state index contributed by atoms with van der Waals surface area (Å²) in [6.07, 6.45) is 3.09. The molecule has 3 rings (SSSR count). The van der Waals surface area contributed by atoms with Gasteiger partial charge in [0.15, 0.2) is 0 Å². The fourth-order valence-corrected chi connectivity index (χ4v) is 3.58. The van der Waals surface area contributed by atoms with Crippen LogP contribution in [0, 0.1) is 5.92 Å². The Bertz CT molecular complexity index is 802. The SMILES string of the molecule is CCOC(=O)/C(=N/Nc1ccccc1Cl)N1CCC(Cc2ccccc2)CC1. The molecule has 0 aromatic heterocycles. The van der Waals surface area contributed by atoms with E-state index in [0.717, 1.165) is 32.4 Å². The summed E-state index contributed by atoms with van der Waals surface area (Å²) in [4.78, 5) is 14.5. The quantitative estimate of drug-likeness (QED) is 0.346. The van der Waals surface area contributed by atoms with Crippen LogP contribution in [0.1, 0.15) is 25.3 Å². The molecule has 1 saturated heterocycles. The number of likely N-dealkylation sites (tertiary alicyclic amines) is 1. The molecule has 0 saturated carbocycles. The Hall–Kier alpha value is -2.53. The van der Waals surface area contributed by atoms with Crippen molar-refractivity contribution in [2.45, 2.75) is 26.2 Å². The van der Waals surface area contributed by atoms with Crippen LogP contribution in [0.5, 0.6) is 0 Å². The number of hydrogen-bond donors (Lipinski definition) is 1. The van der Waals surface area contributed by atoms with E-state index in [1.54, 1.807) is 13.0 Å². The lowest BCUT2D eigenvalue weighted by atomic mass is 9.90. The highest BCUT2D eigenvalue weighted by atomic mass is 35.5. The van der Waals surface area contributed by atoms with Crippen molar-refractivity contribution in [3.63, 3.8) is 0 Å². The van der Waals surface area contributed by atoms with Gasteiger partial charge in [-0.25, -0.2) is 4.79 Å². The maximum absolute atomic E-state index is 12.5. The third kappa shape index (κ3) is 5.49.